The third-order valence-electron chi connectivity index (χ3n) is 3.48. The average Bonchev–Trinajstić information content (AvgIpc) is 2.19. The van der Waals surface area contributed by atoms with E-state index in [1.54, 1.807) is 0 Å². The Hall–Kier alpha value is -0.570. The summed E-state index contributed by atoms with van der Waals surface area (Å²) in [4.78, 5) is 11.8. The molecule has 17 heavy (non-hydrogen) atoms. The zero-order valence-corrected chi connectivity index (χ0v) is 11.4. The van der Waals surface area contributed by atoms with E-state index < -0.39 is 0 Å². The summed E-state index contributed by atoms with van der Waals surface area (Å²) >= 11 is 0. The van der Waals surface area contributed by atoms with E-state index in [4.69, 9.17) is 0 Å². The van der Waals surface area contributed by atoms with Crippen molar-refractivity contribution in [2.45, 2.75) is 71.4 Å². The number of rotatable bonds is 5. The Bertz CT molecular complexity index is 240. The van der Waals surface area contributed by atoms with E-state index in [1.807, 2.05) is 0 Å². The minimum Gasteiger partial charge on any atom is -0.391 e. The summed E-state index contributed by atoms with van der Waals surface area (Å²) in [5.41, 5.74) is 0. The first kappa shape index (κ1) is 14.5. The van der Waals surface area contributed by atoms with Gasteiger partial charge in [-0.3, -0.25) is 4.79 Å². The summed E-state index contributed by atoms with van der Waals surface area (Å²) in [6.07, 6.45) is 5.27. The SMILES string of the molecule is CC(C)CC(C)CC(=O)NC1CCCCC1O. The Labute approximate surface area is 105 Å². The van der Waals surface area contributed by atoms with Gasteiger partial charge in [0.15, 0.2) is 0 Å². The number of aliphatic hydroxyl groups is 1. The van der Waals surface area contributed by atoms with Gasteiger partial charge in [-0.25, -0.2) is 0 Å². The summed E-state index contributed by atoms with van der Waals surface area (Å²) in [6.45, 7) is 6.48. The number of nitrogens with one attached hydrogen (secondary N) is 1. The van der Waals surface area contributed by atoms with Crippen molar-refractivity contribution in [1.82, 2.24) is 5.32 Å². The zero-order valence-electron chi connectivity index (χ0n) is 11.4. The quantitative estimate of drug-likeness (QED) is 0.777. The zero-order chi connectivity index (χ0) is 12.8. The van der Waals surface area contributed by atoms with Crippen LogP contribution in [0.4, 0.5) is 0 Å². The molecule has 0 bridgehead atoms. The molecule has 3 heteroatoms. The van der Waals surface area contributed by atoms with Gasteiger partial charge in [-0.2, -0.15) is 0 Å². The highest BCUT2D eigenvalue weighted by atomic mass is 16.3. The molecule has 100 valence electrons. The van der Waals surface area contributed by atoms with E-state index in [0.29, 0.717) is 18.3 Å². The van der Waals surface area contributed by atoms with Gasteiger partial charge in [0.05, 0.1) is 12.1 Å². The second kappa shape index (κ2) is 7.00. The molecule has 1 aliphatic carbocycles. The Morgan fingerprint density at radius 2 is 1.94 bits per heavy atom. The van der Waals surface area contributed by atoms with E-state index in [-0.39, 0.29) is 18.1 Å². The number of aliphatic hydroxyl groups excluding tert-OH is 1. The molecular formula is C14H27NO2. The van der Waals surface area contributed by atoms with Gasteiger partial charge in [-0.1, -0.05) is 33.6 Å². The van der Waals surface area contributed by atoms with Crippen LogP contribution < -0.4 is 5.32 Å². The second-order valence-electron chi connectivity index (χ2n) is 5.96. The van der Waals surface area contributed by atoms with Crippen molar-refractivity contribution in [2.24, 2.45) is 11.8 Å². The van der Waals surface area contributed by atoms with E-state index in [2.05, 4.69) is 26.1 Å². The van der Waals surface area contributed by atoms with Crippen LogP contribution in [0, 0.1) is 11.8 Å². The number of carbonyl (C=O) groups excluding carboxylic acids is 1. The van der Waals surface area contributed by atoms with Crippen LogP contribution in [-0.2, 0) is 4.79 Å². The van der Waals surface area contributed by atoms with Gasteiger partial charge in [0.1, 0.15) is 0 Å². The Morgan fingerprint density at radius 3 is 2.53 bits per heavy atom. The largest absolute Gasteiger partial charge is 0.391 e. The Morgan fingerprint density at radius 1 is 1.29 bits per heavy atom. The highest BCUT2D eigenvalue weighted by Crippen LogP contribution is 2.19. The highest BCUT2D eigenvalue weighted by molar-refractivity contribution is 5.76. The van der Waals surface area contributed by atoms with Crippen LogP contribution in [0.15, 0.2) is 0 Å². The molecule has 3 atom stereocenters. The maximum Gasteiger partial charge on any atom is 0.220 e. The molecule has 0 heterocycles. The lowest BCUT2D eigenvalue weighted by atomic mass is 9.91. The molecule has 0 saturated heterocycles. The van der Waals surface area contributed by atoms with Crippen molar-refractivity contribution in [2.75, 3.05) is 0 Å². The minimum absolute atomic E-state index is 0.0116. The van der Waals surface area contributed by atoms with Crippen molar-refractivity contribution in [3.8, 4) is 0 Å². The predicted molar refractivity (Wildman–Crippen MR) is 69.6 cm³/mol. The topological polar surface area (TPSA) is 49.3 Å². The van der Waals surface area contributed by atoms with Gasteiger partial charge >= 0.3 is 0 Å². The van der Waals surface area contributed by atoms with Gasteiger partial charge in [0.25, 0.3) is 0 Å². The molecular weight excluding hydrogens is 214 g/mol. The van der Waals surface area contributed by atoms with Crippen LogP contribution in [0.2, 0.25) is 0 Å². The van der Waals surface area contributed by atoms with Crippen molar-refractivity contribution >= 4 is 5.91 Å². The van der Waals surface area contributed by atoms with E-state index in [0.717, 1.165) is 32.1 Å². The molecule has 1 aliphatic rings. The fraction of sp³-hybridized carbons (Fsp3) is 0.929. The molecule has 1 fully saturated rings. The lowest BCUT2D eigenvalue weighted by Gasteiger charge is -2.28. The third kappa shape index (κ3) is 5.53. The Balaban J connectivity index is 2.28. The molecule has 0 aliphatic heterocycles. The normalized spacial score (nSPS) is 26.9. The third-order valence-corrected chi connectivity index (χ3v) is 3.48. The van der Waals surface area contributed by atoms with Gasteiger partial charge in [-0.05, 0) is 31.1 Å². The van der Waals surface area contributed by atoms with Crippen LogP contribution in [0.3, 0.4) is 0 Å². The summed E-state index contributed by atoms with van der Waals surface area (Å²) in [7, 11) is 0. The van der Waals surface area contributed by atoms with E-state index in [1.165, 1.54) is 0 Å². The van der Waals surface area contributed by atoms with Crippen LogP contribution >= 0.6 is 0 Å². The molecule has 1 rings (SSSR count). The molecule has 1 amide bonds. The standard InChI is InChI=1S/C14H27NO2/c1-10(2)8-11(3)9-14(17)15-12-6-4-5-7-13(12)16/h10-13,16H,4-9H2,1-3H3,(H,15,17). The summed E-state index contributed by atoms with van der Waals surface area (Å²) < 4.78 is 0. The highest BCUT2D eigenvalue weighted by Gasteiger charge is 2.24. The monoisotopic (exact) mass is 241 g/mol. The molecule has 0 aromatic heterocycles. The predicted octanol–water partition coefficient (Wildman–Crippen LogP) is 2.48. The molecule has 2 N–H and O–H groups in total. The van der Waals surface area contributed by atoms with E-state index >= 15 is 0 Å². The first-order valence-corrected chi connectivity index (χ1v) is 6.96. The number of amides is 1. The van der Waals surface area contributed by atoms with Crippen LogP contribution in [-0.4, -0.2) is 23.2 Å². The molecule has 0 radical (unpaired) electrons. The lowest BCUT2D eigenvalue weighted by molar-refractivity contribution is -0.123. The Kier molecular flexibility index (Phi) is 5.96. The first-order valence-electron chi connectivity index (χ1n) is 6.96. The molecule has 0 aromatic rings. The fourth-order valence-electron chi connectivity index (χ4n) is 2.75. The molecule has 0 aromatic carbocycles. The fourth-order valence-corrected chi connectivity index (χ4v) is 2.75. The summed E-state index contributed by atoms with van der Waals surface area (Å²) in [5.74, 6) is 1.16. The number of hydrogen-bond acceptors (Lipinski definition) is 2. The minimum atomic E-state index is -0.340. The van der Waals surface area contributed by atoms with Crippen molar-refractivity contribution < 1.29 is 9.90 Å². The van der Waals surface area contributed by atoms with Crippen molar-refractivity contribution in [1.29, 1.82) is 0 Å². The summed E-state index contributed by atoms with van der Waals surface area (Å²) in [6, 6.07) is -0.0116. The molecule has 0 spiro atoms. The van der Waals surface area contributed by atoms with Gasteiger partial charge < -0.3 is 10.4 Å². The van der Waals surface area contributed by atoms with Gasteiger partial charge in [0.2, 0.25) is 5.91 Å². The molecule has 3 unspecified atom stereocenters. The number of hydrogen-bond donors (Lipinski definition) is 2. The maximum absolute atomic E-state index is 11.8. The summed E-state index contributed by atoms with van der Waals surface area (Å²) in [5, 5.41) is 12.8. The van der Waals surface area contributed by atoms with E-state index in [9.17, 15) is 9.90 Å². The average molecular weight is 241 g/mol. The van der Waals surface area contributed by atoms with Crippen LogP contribution in [0.25, 0.3) is 0 Å². The van der Waals surface area contributed by atoms with Crippen LogP contribution in [0.1, 0.15) is 59.3 Å². The maximum atomic E-state index is 11.8. The number of carbonyl (C=O) groups is 1. The van der Waals surface area contributed by atoms with Crippen molar-refractivity contribution in [3.63, 3.8) is 0 Å². The second-order valence-corrected chi connectivity index (χ2v) is 5.96. The molecule has 3 nitrogen and oxygen atoms in total. The van der Waals surface area contributed by atoms with Crippen LogP contribution in [0.5, 0.6) is 0 Å². The molecule has 1 saturated carbocycles. The van der Waals surface area contributed by atoms with Gasteiger partial charge in [-0.15, -0.1) is 0 Å². The van der Waals surface area contributed by atoms with Gasteiger partial charge in [0, 0.05) is 6.42 Å². The smallest absolute Gasteiger partial charge is 0.220 e. The first-order chi connectivity index (χ1) is 7.99. The van der Waals surface area contributed by atoms with Crippen molar-refractivity contribution in [3.05, 3.63) is 0 Å². The lowest BCUT2D eigenvalue weighted by Crippen LogP contribution is -2.45.